The van der Waals surface area contributed by atoms with Gasteiger partial charge >= 0.3 is 0 Å². The van der Waals surface area contributed by atoms with Crippen molar-refractivity contribution in [1.29, 1.82) is 0 Å². The molecule has 1 N–H and O–H groups in total. The Morgan fingerprint density at radius 3 is 2.56 bits per heavy atom. The van der Waals surface area contributed by atoms with Gasteiger partial charge in [0.2, 0.25) is 15.9 Å². The monoisotopic (exact) mass is 407 g/mol. The standard InChI is InChI=1S/C18H21N3O4S2/c1-14(19-20-18(22)13-16-3-2-12-26-16)15-4-6-17(7-5-15)27(23,24)21-8-10-25-11-9-21/h2-7,12H,8-11,13H2,1H3,(H,20,22). The first-order chi connectivity index (χ1) is 13.0. The molecular weight excluding hydrogens is 386 g/mol. The second-order valence-corrected chi connectivity index (χ2v) is 9.00. The van der Waals surface area contributed by atoms with Gasteiger partial charge in [0.25, 0.3) is 0 Å². The lowest BCUT2D eigenvalue weighted by atomic mass is 10.1. The van der Waals surface area contributed by atoms with E-state index in [0.717, 1.165) is 10.4 Å². The first kappa shape index (κ1) is 19.7. The number of benzene rings is 1. The first-order valence-electron chi connectivity index (χ1n) is 8.50. The molecule has 0 spiro atoms. The molecule has 1 aliphatic heterocycles. The fourth-order valence-electron chi connectivity index (χ4n) is 2.63. The zero-order valence-corrected chi connectivity index (χ0v) is 16.6. The van der Waals surface area contributed by atoms with Crippen LogP contribution in [0.5, 0.6) is 0 Å². The molecule has 1 fully saturated rings. The van der Waals surface area contributed by atoms with E-state index >= 15 is 0 Å². The Bertz CT molecular complexity index is 901. The highest BCUT2D eigenvalue weighted by atomic mass is 32.2. The number of ether oxygens (including phenoxy) is 1. The molecule has 0 saturated carbocycles. The molecule has 1 aromatic carbocycles. The number of hydrogen-bond acceptors (Lipinski definition) is 6. The fraction of sp³-hybridized carbons (Fsp3) is 0.333. The van der Waals surface area contributed by atoms with Crippen LogP contribution in [0.15, 0.2) is 51.8 Å². The highest BCUT2D eigenvalue weighted by Gasteiger charge is 2.26. The number of morpholine rings is 1. The van der Waals surface area contributed by atoms with Crippen LogP contribution >= 0.6 is 11.3 Å². The van der Waals surface area contributed by atoms with Gasteiger partial charge in [-0.05, 0) is 36.1 Å². The molecule has 1 aliphatic rings. The summed E-state index contributed by atoms with van der Waals surface area (Å²) < 4.78 is 31.9. The topological polar surface area (TPSA) is 88.1 Å². The second-order valence-electron chi connectivity index (χ2n) is 6.03. The summed E-state index contributed by atoms with van der Waals surface area (Å²) in [6.07, 6.45) is 0.283. The molecule has 27 heavy (non-hydrogen) atoms. The smallest absolute Gasteiger partial charge is 0.245 e. The maximum atomic E-state index is 12.6. The van der Waals surface area contributed by atoms with E-state index in [9.17, 15) is 13.2 Å². The van der Waals surface area contributed by atoms with Crippen LogP contribution in [0, 0.1) is 0 Å². The van der Waals surface area contributed by atoms with E-state index in [4.69, 9.17) is 4.74 Å². The van der Waals surface area contributed by atoms with Crippen molar-refractivity contribution in [2.45, 2.75) is 18.2 Å². The summed E-state index contributed by atoms with van der Waals surface area (Å²) in [5.41, 5.74) is 3.88. The van der Waals surface area contributed by atoms with Gasteiger partial charge in [-0.2, -0.15) is 9.41 Å². The lowest BCUT2D eigenvalue weighted by Gasteiger charge is -2.26. The molecule has 1 aromatic heterocycles. The van der Waals surface area contributed by atoms with Crippen LogP contribution in [-0.4, -0.2) is 50.6 Å². The highest BCUT2D eigenvalue weighted by molar-refractivity contribution is 7.89. The third-order valence-electron chi connectivity index (χ3n) is 4.14. The summed E-state index contributed by atoms with van der Waals surface area (Å²) in [5.74, 6) is -0.191. The third-order valence-corrected chi connectivity index (χ3v) is 6.93. The van der Waals surface area contributed by atoms with Crippen molar-refractivity contribution in [2.75, 3.05) is 26.3 Å². The number of sulfonamides is 1. The number of hydrazone groups is 1. The van der Waals surface area contributed by atoms with Crippen LogP contribution in [0.3, 0.4) is 0 Å². The minimum absolute atomic E-state index is 0.191. The van der Waals surface area contributed by atoms with Crippen molar-refractivity contribution in [3.63, 3.8) is 0 Å². The van der Waals surface area contributed by atoms with Gasteiger partial charge in [-0.15, -0.1) is 11.3 Å². The number of amides is 1. The largest absolute Gasteiger partial charge is 0.379 e. The normalized spacial score (nSPS) is 16.3. The van der Waals surface area contributed by atoms with E-state index in [1.165, 1.54) is 15.6 Å². The molecule has 0 radical (unpaired) electrons. The molecule has 0 unspecified atom stereocenters. The van der Waals surface area contributed by atoms with Gasteiger partial charge in [0.1, 0.15) is 0 Å². The summed E-state index contributed by atoms with van der Waals surface area (Å²) >= 11 is 1.52. The van der Waals surface area contributed by atoms with E-state index in [1.54, 1.807) is 31.2 Å². The van der Waals surface area contributed by atoms with Crippen LogP contribution in [-0.2, 0) is 26.0 Å². The van der Waals surface area contributed by atoms with E-state index in [0.29, 0.717) is 32.0 Å². The van der Waals surface area contributed by atoms with Crippen molar-refractivity contribution in [3.05, 3.63) is 52.2 Å². The zero-order valence-electron chi connectivity index (χ0n) is 14.9. The number of carbonyl (C=O) groups is 1. The lowest BCUT2D eigenvalue weighted by Crippen LogP contribution is -2.40. The Morgan fingerprint density at radius 1 is 1.22 bits per heavy atom. The van der Waals surface area contributed by atoms with Crippen LogP contribution in [0.4, 0.5) is 0 Å². The molecule has 144 valence electrons. The quantitative estimate of drug-likeness (QED) is 0.585. The van der Waals surface area contributed by atoms with Gasteiger partial charge in [-0.3, -0.25) is 4.79 Å². The van der Waals surface area contributed by atoms with Gasteiger partial charge in [0.15, 0.2) is 0 Å². The summed E-state index contributed by atoms with van der Waals surface area (Å²) in [5, 5.41) is 6.02. The van der Waals surface area contributed by atoms with Crippen molar-refractivity contribution < 1.29 is 17.9 Å². The average molecular weight is 408 g/mol. The maximum absolute atomic E-state index is 12.6. The Hall–Kier alpha value is -2.07. The number of carbonyl (C=O) groups excluding carboxylic acids is 1. The molecule has 1 amide bonds. The fourth-order valence-corrected chi connectivity index (χ4v) is 4.74. The Kier molecular flexibility index (Phi) is 6.38. The maximum Gasteiger partial charge on any atom is 0.245 e. The number of hydrogen-bond donors (Lipinski definition) is 1. The summed E-state index contributed by atoms with van der Waals surface area (Å²) in [4.78, 5) is 13.1. The van der Waals surface area contributed by atoms with Gasteiger partial charge in [0, 0.05) is 18.0 Å². The van der Waals surface area contributed by atoms with Crippen molar-refractivity contribution >= 4 is 33.0 Å². The minimum Gasteiger partial charge on any atom is -0.379 e. The second kappa shape index (κ2) is 8.75. The molecule has 0 aliphatic carbocycles. The molecule has 0 atom stereocenters. The molecule has 3 rings (SSSR count). The van der Waals surface area contributed by atoms with Crippen molar-refractivity contribution in [2.24, 2.45) is 5.10 Å². The van der Waals surface area contributed by atoms with E-state index in [2.05, 4.69) is 10.5 Å². The summed E-state index contributed by atoms with van der Waals surface area (Å²) in [6, 6.07) is 10.3. The van der Waals surface area contributed by atoms with Crippen LogP contribution < -0.4 is 5.43 Å². The summed E-state index contributed by atoms with van der Waals surface area (Å²) in [6.45, 7) is 3.31. The lowest BCUT2D eigenvalue weighted by molar-refractivity contribution is -0.120. The number of nitrogens with one attached hydrogen (secondary N) is 1. The molecule has 2 heterocycles. The highest BCUT2D eigenvalue weighted by Crippen LogP contribution is 2.18. The minimum atomic E-state index is -3.51. The van der Waals surface area contributed by atoms with Crippen molar-refractivity contribution in [3.8, 4) is 0 Å². The third kappa shape index (κ3) is 5.01. The van der Waals surface area contributed by atoms with E-state index in [-0.39, 0.29) is 17.2 Å². The Balaban J connectivity index is 1.64. The first-order valence-corrected chi connectivity index (χ1v) is 10.8. The molecular formula is C18H21N3O4S2. The van der Waals surface area contributed by atoms with Gasteiger partial charge in [-0.25, -0.2) is 13.8 Å². The molecule has 7 nitrogen and oxygen atoms in total. The van der Waals surface area contributed by atoms with Crippen LogP contribution in [0.1, 0.15) is 17.4 Å². The summed E-state index contributed by atoms with van der Waals surface area (Å²) in [7, 11) is -3.51. The van der Waals surface area contributed by atoms with Crippen LogP contribution in [0.2, 0.25) is 0 Å². The van der Waals surface area contributed by atoms with Gasteiger partial charge in [0.05, 0.1) is 30.2 Å². The van der Waals surface area contributed by atoms with Crippen molar-refractivity contribution in [1.82, 2.24) is 9.73 Å². The van der Waals surface area contributed by atoms with Crippen LogP contribution in [0.25, 0.3) is 0 Å². The predicted octanol–water partition coefficient (Wildman–Crippen LogP) is 1.85. The average Bonchev–Trinajstić information content (AvgIpc) is 3.20. The molecule has 1 saturated heterocycles. The predicted molar refractivity (Wildman–Crippen MR) is 104 cm³/mol. The number of rotatable bonds is 6. The molecule has 2 aromatic rings. The van der Waals surface area contributed by atoms with E-state index < -0.39 is 10.0 Å². The Labute approximate surface area is 162 Å². The molecule has 9 heteroatoms. The van der Waals surface area contributed by atoms with Gasteiger partial charge in [-0.1, -0.05) is 18.2 Å². The zero-order chi connectivity index (χ0) is 19.3. The molecule has 0 bridgehead atoms. The Morgan fingerprint density at radius 2 is 1.93 bits per heavy atom. The SMILES string of the molecule is CC(=NNC(=O)Cc1cccs1)c1ccc(S(=O)(=O)N2CCOCC2)cc1. The number of nitrogens with zero attached hydrogens (tertiary/aromatic N) is 2. The van der Waals surface area contributed by atoms with E-state index in [1.807, 2.05) is 17.5 Å². The number of thiophene rings is 1. The van der Waals surface area contributed by atoms with Gasteiger partial charge < -0.3 is 4.74 Å².